The van der Waals surface area contributed by atoms with Crippen LogP contribution in [0.25, 0.3) is 11.0 Å². The zero-order chi connectivity index (χ0) is 18.1. The van der Waals surface area contributed by atoms with Crippen molar-refractivity contribution in [3.63, 3.8) is 0 Å². The van der Waals surface area contributed by atoms with E-state index in [2.05, 4.69) is 15.3 Å². The molecule has 1 aliphatic rings. The van der Waals surface area contributed by atoms with Crippen molar-refractivity contribution in [1.82, 2.24) is 15.3 Å². The van der Waals surface area contributed by atoms with E-state index in [0.29, 0.717) is 18.7 Å². The number of carbonyl (C=O) groups excluding carboxylic acids is 1. The summed E-state index contributed by atoms with van der Waals surface area (Å²) in [5.74, 6) is -0.185. The van der Waals surface area contributed by atoms with Gasteiger partial charge in [0.1, 0.15) is 0 Å². The van der Waals surface area contributed by atoms with E-state index < -0.39 is 5.82 Å². The van der Waals surface area contributed by atoms with E-state index in [1.54, 1.807) is 23.4 Å². The molecular formula is C19H19FN4O2. The summed E-state index contributed by atoms with van der Waals surface area (Å²) >= 11 is 0. The first-order valence-electron chi connectivity index (χ1n) is 8.60. The van der Waals surface area contributed by atoms with Crippen LogP contribution < -0.4 is 15.0 Å². The molecule has 1 atom stereocenters. The number of nitrogens with zero attached hydrogens (tertiary/aromatic N) is 2. The molecule has 1 saturated heterocycles. The predicted molar refractivity (Wildman–Crippen MR) is 96.9 cm³/mol. The lowest BCUT2D eigenvalue weighted by molar-refractivity contribution is 0.251. The molecule has 2 amide bonds. The lowest BCUT2D eigenvalue weighted by Crippen LogP contribution is -2.29. The molecule has 0 saturated carbocycles. The zero-order valence-corrected chi connectivity index (χ0v) is 14.3. The first kappa shape index (κ1) is 16.4. The van der Waals surface area contributed by atoms with Gasteiger partial charge >= 0.3 is 6.03 Å². The predicted octanol–water partition coefficient (Wildman–Crippen LogP) is 3.76. The van der Waals surface area contributed by atoms with Crippen LogP contribution in [0.5, 0.6) is 5.75 Å². The zero-order valence-electron chi connectivity index (χ0n) is 14.3. The highest BCUT2D eigenvalue weighted by atomic mass is 19.1. The van der Waals surface area contributed by atoms with Gasteiger partial charge in [0, 0.05) is 12.2 Å². The van der Waals surface area contributed by atoms with Crippen molar-refractivity contribution < 1.29 is 13.9 Å². The molecule has 2 N–H and O–H groups in total. The molecule has 0 radical (unpaired) electrons. The van der Waals surface area contributed by atoms with Crippen LogP contribution in [0.4, 0.5) is 14.9 Å². The molecule has 0 bridgehead atoms. The van der Waals surface area contributed by atoms with E-state index in [1.807, 2.05) is 25.1 Å². The number of carbonyl (C=O) groups is 1. The first-order chi connectivity index (χ1) is 12.7. The van der Waals surface area contributed by atoms with Gasteiger partial charge in [0.05, 0.1) is 30.0 Å². The second kappa shape index (κ2) is 6.67. The lowest BCUT2D eigenvalue weighted by atomic mass is 10.1. The molecule has 6 nitrogen and oxygen atoms in total. The number of urea groups is 1. The number of nitrogens with one attached hydrogen (secondary N) is 2. The van der Waals surface area contributed by atoms with Gasteiger partial charge in [-0.3, -0.25) is 4.90 Å². The van der Waals surface area contributed by atoms with Crippen LogP contribution in [-0.2, 0) is 0 Å². The Hall–Kier alpha value is -3.09. The molecule has 1 aliphatic heterocycles. The summed E-state index contributed by atoms with van der Waals surface area (Å²) in [7, 11) is 0. The van der Waals surface area contributed by atoms with E-state index in [1.165, 1.54) is 6.07 Å². The monoisotopic (exact) mass is 354 g/mol. The number of ether oxygens (including phenoxy) is 1. The van der Waals surface area contributed by atoms with E-state index in [4.69, 9.17) is 4.74 Å². The van der Waals surface area contributed by atoms with E-state index in [9.17, 15) is 9.18 Å². The van der Waals surface area contributed by atoms with Gasteiger partial charge in [0.25, 0.3) is 0 Å². The molecular weight excluding hydrogens is 335 g/mol. The molecule has 4 rings (SSSR count). The van der Waals surface area contributed by atoms with Crippen molar-refractivity contribution in [3.05, 3.63) is 54.1 Å². The van der Waals surface area contributed by atoms with Gasteiger partial charge in [-0.25, -0.2) is 14.2 Å². The molecule has 2 heterocycles. The van der Waals surface area contributed by atoms with Crippen molar-refractivity contribution in [3.8, 4) is 5.75 Å². The molecule has 1 fully saturated rings. The topological polar surface area (TPSA) is 70.2 Å². The van der Waals surface area contributed by atoms with Crippen LogP contribution in [0.1, 0.15) is 24.9 Å². The van der Waals surface area contributed by atoms with Crippen LogP contribution in [0.15, 0.2) is 42.7 Å². The lowest BCUT2D eigenvalue weighted by Gasteiger charge is -2.24. The number of rotatable bonds is 5. The third-order valence-electron chi connectivity index (χ3n) is 4.46. The average molecular weight is 354 g/mol. The minimum atomic E-state index is -0.419. The smallest absolute Gasteiger partial charge is 0.322 e. The van der Waals surface area contributed by atoms with Gasteiger partial charge in [-0.15, -0.1) is 0 Å². The fraction of sp³-hybridized carbons (Fsp3) is 0.263. The van der Waals surface area contributed by atoms with Crippen LogP contribution in [0.2, 0.25) is 0 Å². The number of anilines is 1. The summed E-state index contributed by atoms with van der Waals surface area (Å²) in [5, 5.41) is 2.83. The molecule has 7 heteroatoms. The Bertz CT molecular complexity index is 956. The molecule has 3 aromatic rings. The maximum absolute atomic E-state index is 14.4. The standard InChI is InChI=1S/C19H19FN4O2/c1-2-7-26-18-6-3-12(8-14(18)20)17-10-21-19(25)24(17)13-4-5-15-16(9-13)23-11-22-15/h3-6,8-9,11,17H,2,7,10H2,1H3,(H,21,25)(H,22,23). The van der Waals surface area contributed by atoms with E-state index in [-0.39, 0.29) is 17.8 Å². The summed E-state index contributed by atoms with van der Waals surface area (Å²) in [6.07, 6.45) is 2.42. The Kier molecular flexibility index (Phi) is 4.20. The number of fused-ring (bicyclic) bond motifs is 1. The highest BCUT2D eigenvalue weighted by Gasteiger charge is 2.33. The van der Waals surface area contributed by atoms with Crippen LogP contribution in [0.3, 0.4) is 0 Å². The summed E-state index contributed by atoms with van der Waals surface area (Å²) in [6.45, 7) is 2.84. The largest absolute Gasteiger partial charge is 0.491 e. The summed E-state index contributed by atoms with van der Waals surface area (Å²) in [5.41, 5.74) is 3.10. The maximum Gasteiger partial charge on any atom is 0.322 e. The highest BCUT2D eigenvalue weighted by Crippen LogP contribution is 2.33. The van der Waals surface area contributed by atoms with Gasteiger partial charge in [-0.2, -0.15) is 0 Å². The number of halogens is 1. The minimum Gasteiger partial charge on any atom is -0.491 e. The van der Waals surface area contributed by atoms with Crippen LogP contribution in [-0.4, -0.2) is 29.2 Å². The minimum absolute atomic E-state index is 0.211. The highest BCUT2D eigenvalue weighted by molar-refractivity contribution is 5.97. The Morgan fingerprint density at radius 3 is 3.00 bits per heavy atom. The number of aromatic nitrogens is 2. The fourth-order valence-electron chi connectivity index (χ4n) is 3.19. The Morgan fingerprint density at radius 1 is 1.31 bits per heavy atom. The Labute approximate surface area is 150 Å². The van der Waals surface area contributed by atoms with Crippen LogP contribution >= 0.6 is 0 Å². The maximum atomic E-state index is 14.4. The quantitative estimate of drug-likeness (QED) is 0.733. The molecule has 0 spiro atoms. The molecule has 0 aliphatic carbocycles. The third-order valence-corrected chi connectivity index (χ3v) is 4.46. The fourth-order valence-corrected chi connectivity index (χ4v) is 3.19. The molecule has 1 aromatic heterocycles. The second-order valence-corrected chi connectivity index (χ2v) is 6.21. The summed E-state index contributed by atoms with van der Waals surface area (Å²) in [4.78, 5) is 21.3. The molecule has 134 valence electrons. The number of benzene rings is 2. The van der Waals surface area contributed by atoms with Gasteiger partial charge in [0.15, 0.2) is 11.6 Å². The van der Waals surface area contributed by atoms with Gasteiger partial charge in [0.2, 0.25) is 0 Å². The molecule has 1 unspecified atom stereocenters. The number of H-pyrrole nitrogens is 1. The Morgan fingerprint density at radius 2 is 2.19 bits per heavy atom. The van der Waals surface area contributed by atoms with E-state index in [0.717, 1.165) is 23.1 Å². The summed E-state index contributed by atoms with van der Waals surface area (Å²) in [6, 6.07) is 9.94. The van der Waals surface area contributed by atoms with Crippen molar-refractivity contribution in [2.75, 3.05) is 18.1 Å². The number of aromatic amines is 1. The van der Waals surface area contributed by atoms with Gasteiger partial charge < -0.3 is 15.0 Å². The number of hydrogen-bond donors (Lipinski definition) is 2. The van der Waals surface area contributed by atoms with Gasteiger partial charge in [-0.1, -0.05) is 13.0 Å². The number of amides is 2. The SMILES string of the molecule is CCCOc1ccc(C2CNC(=O)N2c2ccc3[nH]cnc3c2)cc1F. The Balaban J connectivity index is 1.66. The second-order valence-electron chi connectivity index (χ2n) is 6.21. The van der Waals surface area contributed by atoms with Crippen molar-refractivity contribution >= 4 is 22.8 Å². The normalized spacial score (nSPS) is 16.9. The van der Waals surface area contributed by atoms with Gasteiger partial charge in [-0.05, 0) is 42.3 Å². The van der Waals surface area contributed by atoms with E-state index >= 15 is 0 Å². The molecule has 26 heavy (non-hydrogen) atoms. The number of hydrogen-bond acceptors (Lipinski definition) is 3. The molecule has 2 aromatic carbocycles. The first-order valence-corrected chi connectivity index (χ1v) is 8.60. The third kappa shape index (κ3) is 2.85. The van der Waals surface area contributed by atoms with Crippen LogP contribution in [0, 0.1) is 5.82 Å². The van der Waals surface area contributed by atoms with Crippen molar-refractivity contribution in [1.29, 1.82) is 0 Å². The summed E-state index contributed by atoms with van der Waals surface area (Å²) < 4.78 is 19.7. The van der Waals surface area contributed by atoms with Crippen molar-refractivity contribution in [2.45, 2.75) is 19.4 Å². The number of imidazole rings is 1. The van der Waals surface area contributed by atoms with Crippen molar-refractivity contribution in [2.24, 2.45) is 0 Å². The average Bonchev–Trinajstić information content (AvgIpc) is 3.26.